The van der Waals surface area contributed by atoms with Crippen LogP contribution in [0.25, 0.3) is 0 Å². The van der Waals surface area contributed by atoms with E-state index in [1.807, 2.05) is 0 Å². The first-order valence-corrected chi connectivity index (χ1v) is 8.98. The van der Waals surface area contributed by atoms with Crippen molar-refractivity contribution in [1.82, 2.24) is 4.98 Å². The van der Waals surface area contributed by atoms with Crippen LogP contribution in [-0.2, 0) is 9.84 Å². The van der Waals surface area contributed by atoms with Gasteiger partial charge in [-0.2, -0.15) is 0 Å². The van der Waals surface area contributed by atoms with Gasteiger partial charge in [0.05, 0.1) is 0 Å². The lowest BCUT2D eigenvalue weighted by molar-refractivity contribution is 0.333. The lowest BCUT2D eigenvalue weighted by Gasteiger charge is -2.40. The Hall–Kier alpha value is -1.14. The molecule has 2 heterocycles. The molecule has 0 radical (unpaired) electrons. The van der Waals surface area contributed by atoms with Gasteiger partial charge in [-0.3, -0.25) is 0 Å². The van der Waals surface area contributed by atoms with Gasteiger partial charge in [-0.1, -0.05) is 13.3 Å². The highest BCUT2D eigenvalue weighted by Gasteiger charge is 2.30. The van der Waals surface area contributed by atoms with Crippen molar-refractivity contribution in [2.45, 2.75) is 37.1 Å². The molecule has 2 atom stereocenters. The van der Waals surface area contributed by atoms with Crippen LogP contribution in [0.2, 0.25) is 0 Å². The molecular formula is C14H23N3O2S. The second-order valence-corrected chi connectivity index (χ2v) is 7.46. The molecule has 1 fully saturated rings. The highest BCUT2D eigenvalue weighted by Crippen LogP contribution is 2.31. The minimum absolute atomic E-state index is 0.170. The van der Waals surface area contributed by atoms with Crippen molar-refractivity contribution < 1.29 is 8.42 Å². The first-order chi connectivity index (χ1) is 9.47. The number of aromatic nitrogens is 1. The lowest BCUT2D eigenvalue weighted by Crippen LogP contribution is -2.47. The Bertz CT molecular complexity index is 559. The summed E-state index contributed by atoms with van der Waals surface area (Å²) in [5.41, 5.74) is 5.89. The monoisotopic (exact) mass is 297 g/mol. The van der Waals surface area contributed by atoms with E-state index in [0.717, 1.165) is 25.8 Å². The van der Waals surface area contributed by atoms with E-state index in [1.54, 1.807) is 18.3 Å². The third-order valence-corrected chi connectivity index (χ3v) is 5.21. The molecule has 112 valence electrons. The second-order valence-electron chi connectivity index (χ2n) is 5.48. The molecule has 1 saturated heterocycles. The van der Waals surface area contributed by atoms with Crippen LogP contribution in [-0.4, -0.2) is 38.8 Å². The van der Waals surface area contributed by atoms with Crippen LogP contribution in [0.1, 0.15) is 26.2 Å². The maximum absolute atomic E-state index is 11.9. The molecule has 0 spiro atoms. The summed E-state index contributed by atoms with van der Waals surface area (Å²) in [5.74, 6) is 1.23. The van der Waals surface area contributed by atoms with Gasteiger partial charge in [-0.05, 0) is 30.9 Å². The van der Waals surface area contributed by atoms with Gasteiger partial charge in [0.2, 0.25) is 0 Å². The summed E-state index contributed by atoms with van der Waals surface area (Å²) in [4.78, 5) is 6.68. The van der Waals surface area contributed by atoms with E-state index in [0.29, 0.717) is 23.2 Å². The SMILES string of the molecule is CCC1CCN(c2ncccc2S(C)(=O)=O)C(CN)C1. The van der Waals surface area contributed by atoms with Crippen LogP contribution in [0.15, 0.2) is 23.2 Å². The minimum atomic E-state index is -3.28. The summed E-state index contributed by atoms with van der Waals surface area (Å²) < 4.78 is 23.8. The third-order valence-electron chi connectivity index (χ3n) is 4.10. The first kappa shape index (κ1) is 15.3. The topological polar surface area (TPSA) is 76.3 Å². The van der Waals surface area contributed by atoms with Crippen molar-refractivity contribution in [3.8, 4) is 0 Å². The number of rotatable bonds is 4. The maximum atomic E-state index is 11.9. The lowest BCUT2D eigenvalue weighted by atomic mass is 9.89. The Morgan fingerprint density at radius 1 is 1.50 bits per heavy atom. The highest BCUT2D eigenvalue weighted by atomic mass is 32.2. The molecule has 1 aliphatic rings. The summed E-state index contributed by atoms with van der Waals surface area (Å²) >= 11 is 0. The molecule has 1 aromatic rings. The summed E-state index contributed by atoms with van der Waals surface area (Å²) in [6.07, 6.45) is 6.08. The predicted octanol–water partition coefficient (Wildman–Crippen LogP) is 1.44. The molecule has 0 aromatic carbocycles. The molecule has 1 aliphatic heterocycles. The number of nitrogens with two attached hydrogens (primary N) is 1. The van der Waals surface area contributed by atoms with E-state index >= 15 is 0 Å². The van der Waals surface area contributed by atoms with Crippen molar-refractivity contribution >= 4 is 15.7 Å². The van der Waals surface area contributed by atoms with E-state index in [-0.39, 0.29) is 6.04 Å². The summed E-state index contributed by atoms with van der Waals surface area (Å²) in [6, 6.07) is 3.46. The molecular weight excluding hydrogens is 274 g/mol. The molecule has 0 saturated carbocycles. The number of piperidine rings is 1. The minimum Gasteiger partial charge on any atom is -0.351 e. The predicted molar refractivity (Wildman–Crippen MR) is 80.6 cm³/mol. The fourth-order valence-corrected chi connectivity index (χ4v) is 3.72. The fourth-order valence-electron chi connectivity index (χ4n) is 2.89. The van der Waals surface area contributed by atoms with Gasteiger partial charge in [0, 0.05) is 31.6 Å². The van der Waals surface area contributed by atoms with E-state index in [4.69, 9.17) is 5.73 Å². The van der Waals surface area contributed by atoms with E-state index in [9.17, 15) is 8.42 Å². The zero-order chi connectivity index (χ0) is 14.8. The second kappa shape index (κ2) is 6.10. The fraction of sp³-hybridized carbons (Fsp3) is 0.643. The molecule has 0 bridgehead atoms. The van der Waals surface area contributed by atoms with E-state index in [2.05, 4.69) is 16.8 Å². The molecule has 0 amide bonds. The van der Waals surface area contributed by atoms with Crippen molar-refractivity contribution in [3.05, 3.63) is 18.3 Å². The number of hydrogen-bond acceptors (Lipinski definition) is 5. The Kier molecular flexibility index (Phi) is 4.65. The van der Waals surface area contributed by atoms with Gasteiger partial charge in [-0.15, -0.1) is 0 Å². The van der Waals surface area contributed by atoms with Crippen molar-refractivity contribution in [1.29, 1.82) is 0 Å². The van der Waals surface area contributed by atoms with Crippen molar-refractivity contribution in [2.24, 2.45) is 11.7 Å². The Morgan fingerprint density at radius 3 is 2.85 bits per heavy atom. The molecule has 2 unspecified atom stereocenters. The van der Waals surface area contributed by atoms with Crippen molar-refractivity contribution in [2.75, 3.05) is 24.2 Å². The molecule has 2 rings (SSSR count). The summed E-state index contributed by atoms with van der Waals surface area (Å²) in [7, 11) is -3.28. The zero-order valence-corrected chi connectivity index (χ0v) is 12.9. The normalized spacial score (nSPS) is 23.9. The van der Waals surface area contributed by atoms with Crippen LogP contribution < -0.4 is 10.6 Å². The zero-order valence-electron chi connectivity index (χ0n) is 12.1. The van der Waals surface area contributed by atoms with Gasteiger partial charge >= 0.3 is 0 Å². The molecule has 20 heavy (non-hydrogen) atoms. The van der Waals surface area contributed by atoms with E-state index in [1.165, 1.54) is 6.26 Å². The van der Waals surface area contributed by atoms with Gasteiger partial charge in [0.1, 0.15) is 10.7 Å². The quantitative estimate of drug-likeness (QED) is 0.910. The van der Waals surface area contributed by atoms with Crippen LogP contribution in [0.3, 0.4) is 0 Å². The average molecular weight is 297 g/mol. The van der Waals surface area contributed by atoms with Gasteiger partial charge < -0.3 is 10.6 Å². The van der Waals surface area contributed by atoms with Gasteiger partial charge in [0.15, 0.2) is 9.84 Å². The summed E-state index contributed by atoms with van der Waals surface area (Å²) in [6.45, 7) is 3.53. The maximum Gasteiger partial charge on any atom is 0.179 e. The Balaban J connectivity index is 2.36. The Labute approximate surface area is 121 Å². The van der Waals surface area contributed by atoms with Crippen molar-refractivity contribution in [3.63, 3.8) is 0 Å². The molecule has 0 aliphatic carbocycles. The number of nitrogens with zero attached hydrogens (tertiary/aromatic N) is 2. The van der Waals surface area contributed by atoms with Crippen LogP contribution in [0.4, 0.5) is 5.82 Å². The standard InChI is InChI=1S/C14H23N3O2S/c1-3-11-6-8-17(12(9-11)10-15)14-13(20(2,18)19)5-4-7-16-14/h4-5,7,11-12H,3,6,8-10,15H2,1-2H3. The third kappa shape index (κ3) is 3.12. The van der Waals surface area contributed by atoms with Crippen LogP contribution >= 0.6 is 0 Å². The Morgan fingerprint density at radius 2 is 2.25 bits per heavy atom. The average Bonchev–Trinajstić information content (AvgIpc) is 2.45. The largest absolute Gasteiger partial charge is 0.351 e. The smallest absolute Gasteiger partial charge is 0.179 e. The first-order valence-electron chi connectivity index (χ1n) is 7.09. The molecule has 2 N–H and O–H groups in total. The highest BCUT2D eigenvalue weighted by molar-refractivity contribution is 7.90. The van der Waals surface area contributed by atoms with Gasteiger partial charge in [0.25, 0.3) is 0 Å². The van der Waals surface area contributed by atoms with Crippen LogP contribution in [0, 0.1) is 5.92 Å². The summed E-state index contributed by atoms with van der Waals surface area (Å²) in [5, 5.41) is 0. The number of hydrogen-bond donors (Lipinski definition) is 1. The number of pyridine rings is 1. The number of sulfone groups is 1. The van der Waals surface area contributed by atoms with E-state index < -0.39 is 9.84 Å². The van der Waals surface area contributed by atoms with Gasteiger partial charge in [-0.25, -0.2) is 13.4 Å². The van der Waals surface area contributed by atoms with Crippen LogP contribution in [0.5, 0.6) is 0 Å². The molecule has 6 heteroatoms. The molecule has 5 nitrogen and oxygen atoms in total. The molecule has 1 aromatic heterocycles. The number of anilines is 1.